The van der Waals surface area contributed by atoms with E-state index in [1.807, 2.05) is 42.5 Å². The summed E-state index contributed by atoms with van der Waals surface area (Å²) in [7, 11) is 0. The van der Waals surface area contributed by atoms with Crippen LogP contribution in [0.5, 0.6) is 0 Å². The number of aromatic nitrogens is 3. The number of hydrogen-bond acceptors (Lipinski definition) is 9. The van der Waals surface area contributed by atoms with Crippen LogP contribution in [-0.2, 0) is 35.3 Å². The molecule has 2 N–H and O–H groups in total. The number of rotatable bonds is 5. The number of aliphatic hydroxyl groups is 1. The van der Waals surface area contributed by atoms with Gasteiger partial charge in [-0.2, -0.15) is 0 Å². The lowest BCUT2D eigenvalue weighted by atomic mass is 9.78. The van der Waals surface area contributed by atoms with Crippen molar-refractivity contribution in [1.82, 2.24) is 30.1 Å². The van der Waals surface area contributed by atoms with E-state index in [1.54, 1.807) is 46.0 Å². The van der Waals surface area contributed by atoms with Crippen molar-refractivity contribution in [2.45, 2.75) is 43.4 Å². The number of hydrogen-bond donors (Lipinski definition) is 2. The van der Waals surface area contributed by atoms with E-state index in [0.29, 0.717) is 17.5 Å². The third-order valence-electron chi connectivity index (χ3n) is 9.19. The second kappa shape index (κ2) is 12.1. The van der Waals surface area contributed by atoms with E-state index >= 15 is 0 Å². The molecule has 2 saturated heterocycles. The zero-order valence-corrected chi connectivity index (χ0v) is 25.0. The average molecular weight is 627 g/mol. The molecule has 4 aliphatic rings. The van der Waals surface area contributed by atoms with Gasteiger partial charge in [0.25, 0.3) is 5.91 Å². The van der Waals surface area contributed by atoms with Gasteiger partial charge < -0.3 is 29.7 Å². The van der Waals surface area contributed by atoms with Gasteiger partial charge in [-0.05, 0) is 24.1 Å². The van der Waals surface area contributed by atoms with Gasteiger partial charge in [-0.3, -0.25) is 19.2 Å². The molecule has 4 aliphatic heterocycles. The van der Waals surface area contributed by atoms with E-state index in [9.17, 15) is 24.3 Å². The standard InChI is InChI=1S/C33H34N6O7/c40-18-17-38-29-31(43)37(20-39-23-12-5-4-11-22(23)35-36-39)16-8-15-33(29)28(30(38)42)27-24(46-33)13-6-7-14-26(41)34-19-25(45-32(27)44)21-9-2-1-3-10-21/h1-6,8-13,15,24-25,27-29,40H,7,14,16-20H2,(H,34,41)/b13-6-/t24-,25+,27+,28+,29-,33+/m1/s1. The van der Waals surface area contributed by atoms with Crippen molar-refractivity contribution >= 4 is 34.7 Å². The second-order valence-electron chi connectivity index (χ2n) is 11.9. The normalized spacial score (nSPS) is 30.5. The minimum absolute atomic E-state index is 0.0594. The summed E-state index contributed by atoms with van der Waals surface area (Å²) in [5.41, 5.74) is 0.610. The van der Waals surface area contributed by atoms with Gasteiger partial charge in [-0.1, -0.05) is 72.0 Å². The number of cyclic esters (lactones) is 1. The van der Waals surface area contributed by atoms with Gasteiger partial charge >= 0.3 is 5.97 Å². The van der Waals surface area contributed by atoms with Crippen LogP contribution < -0.4 is 5.32 Å². The summed E-state index contributed by atoms with van der Waals surface area (Å²) in [5, 5.41) is 21.3. The Morgan fingerprint density at radius 3 is 2.63 bits per heavy atom. The molecule has 0 aliphatic carbocycles. The van der Waals surface area contributed by atoms with Crippen molar-refractivity contribution < 1.29 is 33.8 Å². The number of allylic oxidation sites excluding steroid dienone is 1. The number of carbonyl (C=O) groups excluding carboxylic acids is 4. The lowest BCUT2D eigenvalue weighted by molar-refractivity contribution is -0.160. The van der Waals surface area contributed by atoms with Crippen molar-refractivity contribution in [2.75, 3.05) is 26.2 Å². The molecule has 0 saturated carbocycles. The van der Waals surface area contributed by atoms with Crippen LogP contribution >= 0.6 is 0 Å². The summed E-state index contributed by atoms with van der Waals surface area (Å²) in [5.74, 6) is -3.91. The number of nitrogens with zero attached hydrogens (tertiary/aromatic N) is 5. The number of likely N-dealkylation sites (tertiary alicyclic amines) is 1. The van der Waals surface area contributed by atoms with Crippen molar-refractivity contribution in [3.8, 4) is 0 Å². The smallest absolute Gasteiger partial charge is 0.313 e. The fourth-order valence-electron chi connectivity index (χ4n) is 7.11. The number of β-amino-alcohol motifs (C(OH)–C–C–N with tert-alkyl or cyclic N) is 1. The van der Waals surface area contributed by atoms with Crippen LogP contribution in [0.25, 0.3) is 11.0 Å². The van der Waals surface area contributed by atoms with Gasteiger partial charge in [0.2, 0.25) is 11.8 Å². The third kappa shape index (κ3) is 5.05. The number of nitrogens with one attached hydrogen (secondary N) is 1. The SMILES string of the molecule is O=C1CC/C=C\[C@H]2O[C@]34C=CCN(Cn5nnc6ccccc65)C(=O)[C@H]3N(CCO)C(=O)[C@@H]4[C@H]2C(=O)O[C@H](c2ccccc2)CN1. The summed E-state index contributed by atoms with van der Waals surface area (Å²) < 4.78 is 14.4. The van der Waals surface area contributed by atoms with E-state index in [1.165, 1.54) is 4.90 Å². The highest BCUT2D eigenvalue weighted by molar-refractivity contribution is 5.99. The highest BCUT2D eigenvalue weighted by Gasteiger charge is 2.71. The average Bonchev–Trinajstić information content (AvgIpc) is 3.65. The van der Waals surface area contributed by atoms with E-state index in [4.69, 9.17) is 9.47 Å². The van der Waals surface area contributed by atoms with Crippen LogP contribution in [0.3, 0.4) is 0 Å². The predicted molar refractivity (Wildman–Crippen MR) is 162 cm³/mol. The monoisotopic (exact) mass is 626 g/mol. The molecule has 5 heterocycles. The number of para-hydroxylation sites is 1. The first kappa shape index (κ1) is 29.8. The largest absolute Gasteiger partial charge is 0.455 e. The lowest BCUT2D eigenvalue weighted by Crippen LogP contribution is -2.55. The molecule has 238 valence electrons. The molecule has 13 nitrogen and oxygen atoms in total. The van der Waals surface area contributed by atoms with Gasteiger partial charge in [-0.25, -0.2) is 4.68 Å². The zero-order valence-electron chi connectivity index (χ0n) is 25.0. The van der Waals surface area contributed by atoms with Crippen LogP contribution in [0.4, 0.5) is 0 Å². The molecular weight excluding hydrogens is 592 g/mol. The molecular formula is C33H34N6O7. The van der Waals surface area contributed by atoms with Crippen LogP contribution in [0.2, 0.25) is 0 Å². The lowest BCUT2D eigenvalue weighted by Gasteiger charge is -2.35. The Morgan fingerprint density at radius 2 is 1.80 bits per heavy atom. The molecule has 13 heteroatoms. The molecule has 6 atom stereocenters. The molecule has 2 fully saturated rings. The first-order chi connectivity index (χ1) is 22.4. The molecule has 3 amide bonds. The van der Waals surface area contributed by atoms with Gasteiger partial charge in [0, 0.05) is 19.5 Å². The molecule has 0 radical (unpaired) electrons. The first-order valence-corrected chi connectivity index (χ1v) is 15.4. The summed E-state index contributed by atoms with van der Waals surface area (Å²) in [4.78, 5) is 58.3. The van der Waals surface area contributed by atoms with Gasteiger partial charge in [-0.15, -0.1) is 5.10 Å². The maximum absolute atomic E-state index is 14.4. The third-order valence-corrected chi connectivity index (χ3v) is 9.19. The number of amides is 3. The Labute approximate surface area is 264 Å². The minimum Gasteiger partial charge on any atom is -0.455 e. The second-order valence-corrected chi connectivity index (χ2v) is 11.9. The maximum Gasteiger partial charge on any atom is 0.313 e. The summed E-state index contributed by atoms with van der Waals surface area (Å²) >= 11 is 0. The quantitative estimate of drug-likeness (QED) is 0.313. The van der Waals surface area contributed by atoms with Crippen LogP contribution in [0.1, 0.15) is 24.5 Å². The molecule has 2 aromatic carbocycles. The Bertz CT molecular complexity index is 1720. The van der Waals surface area contributed by atoms with Gasteiger partial charge in [0.15, 0.2) is 0 Å². The van der Waals surface area contributed by atoms with Crippen molar-refractivity contribution in [1.29, 1.82) is 0 Å². The molecule has 46 heavy (non-hydrogen) atoms. The van der Waals surface area contributed by atoms with E-state index in [2.05, 4.69) is 15.6 Å². The first-order valence-electron chi connectivity index (χ1n) is 15.4. The maximum atomic E-state index is 14.4. The summed E-state index contributed by atoms with van der Waals surface area (Å²) in [6, 6.07) is 15.3. The van der Waals surface area contributed by atoms with Crippen molar-refractivity contribution in [3.05, 3.63) is 84.5 Å². The summed E-state index contributed by atoms with van der Waals surface area (Å²) in [6.07, 6.45) is 5.85. The minimum atomic E-state index is -1.50. The molecule has 7 rings (SSSR count). The fourth-order valence-corrected chi connectivity index (χ4v) is 7.11. The zero-order chi connectivity index (χ0) is 31.8. The van der Waals surface area contributed by atoms with Crippen LogP contribution in [-0.4, -0.2) is 97.6 Å². The van der Waals surface area contributed by atoms with Gasteiger partial charge in [0.05, 0.1) is 30.7 Å². The van der Waals surface area contributed by atoms with E-state index < -0.39 is 53.5 Å². The molecule has 0 bridgehead atoms. The summed E-state index contributed by atoms with van der Waals surface area (Å²) in [6.45, 7) is -0.182. The topological polar surface area (TPSA) is 156 Å². The highest BCUT2D eigenvalue weighted by atomic mass is 16.6. The number of fused-ring (bicyclic) bond motifs is 3. The molecule has 0 unspecified atom stereocenters. The number of ether oxygens (including phenoxy) is 2. The molecule has 3 aromatic rings. The molecule has 1 aromatic heterocycles. The number of carbonyl (C=O) groups is 4. The Morgan fingerprint density at radius 1 is 1.00 bits per heavy atom. The Balaban J connectivity index is 1.26. The van der Waals surface area contributed by atoms with Crippen LogP contribution in [0, 0.1) is 11.8 Å². The van der Waals surface area contributed by atoms with Gasteiger partial charge in [0.1, 0.15) is 35.9 Å². The number of benzene rings is 2. The Kier molecular flexibility index (Phi) is 7.87. The van der Waals surface area contributed by atoms with E-state index in [0.717, 1.165) is 5.52 Å². The highest BCUT2D eigenvalue weighted by Crippen LogP contribution is 2.53. The van der Waals surface area contributed by atoms with E-state index in [-0.39, 0.29) is 45.2 Å². The molecule has 1 spiro atoms. The number of aliphatic hydroxyl groups excluding tert-OH is 1. The predicted octanol–water partition coefficient (Wildman–Crippen LogP) is 1.11. The number of esters is 1. The van der Waals surface area contributed by atoms with Crippen molar-refractivity contribution in [2.24, 2.45) is 11.8 Å². The fraction of sp³-hybridized carbons (Fsp3) is 0.394. The van der Waals surface area contributed by atoms with Crippen LogP contribution in [0.15, 0.2) is 78.9 Å². The van der Waals surface area contributed by atoms with Crippen molar-refractivity contribution in [3.63, 3.8) is 0 Å². The Hall–Kier alpha value is -4.88.